The van der Waals surface area contributed by atoms with Gasteiger partial charge < -0.3 is 4.74 Å². The Kier molecular flexibility index (Phi) is 3.03. The fourth-order valence-electron chi connectivity index (χ4n) is 1.48. The van der Waals surface area contributed by atoms with Gasteiger partial charge in [0.25, 0.3) is 0 Å². The number of halogens is 1. The number of rotatable bonds is 2. The lowest BCUT2D eigenvalue weighted by Crippen LogP contribution is -2.13. The SMILES string of the molecule is CC1OCCC1Sc1cccc(F)n1. The monoisotopic (exact) mass is 213 g/mol. The summed E-state index contributed by atoms with van der Waals surface area (Å²) in [4.78, 5) is 3.81. The first-order valence-electron chi connectivity index (χ1n) is 4.66. The maximum atomic E-state index is 12.8. The van der Waals surface area contributed by atoms with E-state index in [2.05, 4.69) is 4.98 Å². The zero-order valence-electron chi connectivity index (χ0n) is 7.94. The molecule has 14 heavy (non-hydrogen) atoms. The largest absolute Gasteiger partial charge is 0.377 e. The maximum absolute atomic E-state index is 12.8. The van der Waals surface area contributed by atoms with Gasteiger partial charge in [-0.1, -0.05) is 6.07 Å². The number of hydrogen-bond acceptors (Lipinski definition) is 3. The summed E-state index contributed by atoms with van der Waals surface area (Å²) in [5.41, 5.74) is 0. The zero-order chi connectivity index (χ0) is 9.97. The van der Waals surface area contributed by atoms with Gasteiger partial charge in [-0.15, -0.1) is 11.8 Å². The summed E-state index contributed by atoms with van der Waals surface area (Å²) < 4.78 is 18.2. The second kappa shape index (κ2) is 4.28. The molecule has 76 valence electrons. The van der Waals surface area contributed by atoms with E-state index < -0.39 is 5.95 Å². The standard InChI is InChI=1S/C10H12FNOS/c1-7-8(5-6-13-7)14-10-4-2-3-9(11)12-10/h2-4,7-8H,5-6H2,1H3. The van der Waals surface area contributed by atoms with Gasteiger partial charge in [-0.2, -0.15) is 4.39 Å². The van der Waals surface area contributed by atoms with Gasteiger partial charge >= 0.3 is 0 Å². The van der Waals surface area contributed by atoms with E-state index in [9.17, 15) is 4.39 Å². The second-order valence-electron chi connectivity index (χ2n) is 3.32. The van der Waals surface area contributed by atoms with Gasteiger partial charge in [0.05, 0.1) is 11.1 Å². The van der Waals surface area contributed by atoms with Crippen molar-refractivity contribution >= 4 is 11.8 Å². The van der Waals surface area contributed by atoms with Crippen LogP contribution in [-0.2, 0) is 4.74 Å². The van der Waals surface area contributed by atoms with Crippen LogP contribution in [0.5, 0.6) is 0 Å². The Labute approximate surface area is 86.9 Å². The van der Waals surface area contributed by atoms with Crippen molar-refractivity contribution in [2.24, 2.45) is 0 Å². The van der Waals surface area contributed by atoms with E-state index in [0.29, 0.717) is 5.25 Å². The van der Waals surface area contributed by atoms with Crippen LogP contribution in [0.2, 0.25) is 0 Å². The van der Waals surface area contributed by atoms with E-state index >= 15 is 0 Å². The molecule has 1 aliphatic rings. The predicted octanol–water partition coefficient (Wildman–Crippen LogP) is 2.49. The van der Waals surface area contributed by atoms with Crippen LogP contribution < -0.4 is 0 Å². The molecular weight excluding hydrogens is 201 g/mol. The molecule has 0 aromatic carbocycles. The highest BCUT2D eigenvalue weighted by atomic mass is 32.2. The Morgan fingerprint density at radius 2 is 2.43 bits per heavy atom. The molecule has 2 unspecified atom stereocenters. The predicted molar refractivity (Wildman–Crippen MR) is 53.9 cm³/mol. The Morgan fingerprint density at radius 3 is 3.07 bits per heavy atom. The van der Waals surface area contributed by atoms with Crippen LogP contribution in [0.3, 0.4) is 0 Å². The zero-order valence-corrected chi connectivity index (χ0v) is 8.76. The van der Waals surface area contributed by atoms with Crippen molar-refractivity contribution < 1.29 is 9.13 Å². The molecular formula is C10H12FNOS. The number of ether oxygens (including phenoxy) is 1. The smallest absolute Gasteiger partial charge is 0.213 e. The average Bonchev–Trinajstić information content (AvgIpc) is 2.52. The molecule has 0 spiro atoms. The first-order valence-corrected chi connectivity index (χ1v) is 5.54. The molecule has 2 heterocycles. The third-order valence-corrected chi connectivity index (χ3v) is 3.66. The average molecular weight is 213 g/mol. The molecule has 2 rings (SSSR count). The van der Waals surface area contributed by atoms with Crippen molar-refractivity contribution in [2.45, 2.75) is 29.7 Å². The van der Waals surface area contributed by atoms with Crippen molar-refractivity contribution in [3.05, 3.63) is 24.1 Å². The number of hydrogen-bond donors (Lipinski definition) is 0. The Bertz CT molecular complexity index is 321. The number of nitrogens with zero attached hydrogens (tertiary/aromatic N) is 1. The second-order valence-corrected chi connectivity index (χ2v) is 4.58. The summed E-state index contributed by atoms with van der Waals surface area (Å²) >= 11 is 1.60. The van der Waals surface area contributed by atoms with Gasteiger partial charge in [0.15, 0.2) is 0 Å². The molecule has 1 saturated heterocycles. The van der Waals surface area contributed by atoms with Crippen LogP contribution in [0.1, 0.15) is 13.3 Å². The van der Waals surface area contributed by atoms with Gasteiger partial charge in [-0.05, 0) is 25.5 Å². The first-order chi connectivity index (χ1) is 6.75. The molecule has 0 N–H and O–H groups in total. The normalized spacial score (nSPS) is 26.7. The van der Waals surface area contributed by atoms with Crippen LogP contribution in [-0.4, -0.2) is 22.9 Å². The minimum absolute atomic E-state index is 0.241. The molecule has 0 saturated carbocycles. The van der Waals surface area contributed by atoms with Crippen molar-refractivity contribution in [1.29, 1.82) is 0 Å². The lowest BCUT2D eigenvalue weighted by Gasteiger charge is -2.12. The topological polar surface area (TPSA) is 22.1 Å². The molecule has 2 atom stereocenters. The van der Waals surface area contributed by atoms with Gasteiger partial charge in [-0.3, -0.25) is 0 Å². The Hall–Kier alpha value is -0.610. The lowest BCUT2D eigenvalue weighted by molar-refractivity contribution is 0.127. The van der Waals surface area contributed by atoms with E-state index in [4.69, 9.17) is 4.74 Å². The molecule has 1 fully saturated rings. The summed E-state index contributed by atoms with van der Waals surface area (Å²) in [5, 5.41) is 1.15. The minimum Gasteiger partial charge on any atom is -0.377 e. The van der Waals surface area contributed by atoms with Crippen LogP contribution in [0, 0.1) is 5.95 Å². The van der Waals surface area contributed by atoms with Crippen molar-refractivity contribution in [2.75, 3.05) is 6.61 Å². The van der Waals surface area contributed by atoms with Crippen LogP contribution in [0.4, 0.5) is 4.39 Å². The van der Waals surface area contributed by atoms with Crippen LogP contribution in [0.25, 0.3) is 0 Å². The van der Waals surface area contributed by atoms with E-state index in [0.717, 1.165) is 18.1 Å². The summed E-state index contributed by atoms with van der Waals surface area (Å²) in [6.45, 7) is 2.85. The van der Waals surface area contributed by atoms with Crippen LogP contribution >= 0.6 is 11.8 Å². The third kappa shape index (κ3) is 2.25. The lowest BCUT2D eigenvalue weighted by atomic mass is 10.3. The van der Waals surface area contributed by atoms with E-state index in [1.165, 1.54) is 6.07 Å². The molecule has 0 radical (unpaired) electrons. The Balaban J connectivity index is 2.03. The van der Waals surface area contributed by atoms with Crippen LogP contribution in [0.15, 0.2) is 23.2 Å². The molecule has 1 aromatic heterocycles. The summed E-state index contributed by atoms with van der Waals surface area (Å²) in [5.74, 6) is -0.415. The molecule has 1 aliphatic heterocycles. The van der Waals surface area contributed by atoms with Crippen molar-refractivity contribution in [1.82, 2.24) is 4.98 Å². The summed E-state index contributed by atoms with van der Waals surface area (Å²) in [6, 6.07) is 4.88. The summed E-state index contributed by atoms with van der Waals surface area (Å²) in [6.07, 6.45) is 1.26. The molecule has 2 nitrogen and oxygen atoms in total. The number of aromatic nitrogens is 1. The van der Waals surface area contributed by atoms with E-state index in [1.807, 2.05) is 13.0 Å². The van der Waals surface area contributed by atoms with Gasteiger partial charge in [0.1, 0.15) is 0 Å². The molecule has 0 aliphatic carbocycles. The first kappa shape index (κ1) is 9.93. The number of pyridine rings is 1. The fraction of sp³-hybridized carbons (Fsp3) is 0.500. The highest BCUT2D eigenvalue weighted by molar-refractivity contribution is 7.99. The summed E-state index contributed by atoms with van der Waals surface area (Å²) in [7, 11) is 0. The third-order valence-electron chi connectivity index (χ3n) is 2.27. The highest BCUT2D eigenvalue weighted by Crippen LogP contribution is 2.31. The highest BCUT2D eigenvalue weighted by Gasteiger charge is 2.25. The van der Waals surface area contributed by atoms with Gasteiger partial charge in [0, 0.05) is 11.9 Å². The molecule has 4 heteroatoms. The maximum Gasteiger partial charge on any atom is 0.213 e. The van der Waals surface area contributed by atoms with Gasteiger partial charge in [-0.25, -0.2) is 4.98 Å². The number of thioether (sulfide) groups is 1. The van der Waals surface area contributed by atoms with Crippen molar-refractivity contribution in [3.8, 4) is 0 Å². The molecule has 0 bridgehead atoms. The molecule has 1 aromatic rings. The fourth-order valence-corrected chi connectivity index (χ4v) is 2.57. The van der Waals surface area contributed by atoms with E-state index in [1.54, 1.807) is 17.8 Å². The quantitative estimate of drug-likeness (QED) is 0.705. The van der Waals surface area contributed by atoms with Gasteiger partial charge in [0.2, 0.25) is 5.95 Å². The molecule has 0 amide bonds. The minimum atomic E-state index is -0.415. The Morgan fingerprint density at radius 1 is 1.57 bits per heavy atom. The van der Waals surface area contributed by atoms with Crippen molar-refractivity contribution in [3.63, 3.8) is 0 Å². The van der Waals surface area contributed by atoms with E-state index in [-0.39, 0.29) is 6.10 Å².